The normalized spacial score (nSPS) is 11.9. The van der Waals surface area contributed by atoms with Crippen molar-refractivity contribution in [1.29, 1.82) is 0 Å². The van der Waals surface area contributed by atoms with Crippen LogP contribution in [-0.4, -0.2) is 0 Å². The Balaban J connectivity index is 1.12. The Morgan fingerprint density at radius 3 is 1.55 bits per heavy atom. The predicted molar refractivity (Wildman–Crippen MR) is 218 cm³/mol. The summed E-state index contributed by atoms with van der Waals surface area (Å²) in [4.78, 5) is 0. The van der Waals surface area contributed by atoms with Crippen LogP contribution < -0.4 is 0 Å². The molecule has 236 valence electrons. The first-order chi connectivity index (χ1) is 25.3. The zero-order chi connectivity index (χ0) is 33.5. The Kier molecular flexibility index (Phi) is 6.02. The first-order valence-corrected chi connectivity index (χ1v) is 17.6. The summed E-state index contributed by atoms with van der Waals surface area (Å²) in [6, 6.07) is 66.3. The molecule has 11 rings (SSSR count). The second-order valence-electron chi connectivity index (χ2n) is 13.6. The highest BCUT2D eigenvalue weighted by molar-refractivity contribution is 6.25. The minimum atomic E-state index is 0.913. The number of hydrogen-bond acceptors (Lipinski definition) is 1. The number of hydrogen-bond donors (Lipinski definition) is 0. The van der Waals surface area contributed by atoms with Gasteiger partial charge in [-0.2, -0.15) is 0 Å². The lowest BCUT2D eigenvalue weighted by atomic mass is 9.84. The number of rotatable bonds is 3. The first-order valence-electron chi connectivity index (χ1n) is 17.6. The monoisotopic (exact) mass is 646 g/mol. The Labute approximate surface area is 294 Å². The maximum absolute atomic E-state index is 6.41. The van der Waals surface area contributed by atoms with E-state index in [4.69, 9.17) is 4.42 Å². The van der Waals surface area contributed by atoms with E-state index < -0.39 is 0 Å². The van der Waals surface area contributed by atoms with Crippen molar-refractivity contribution >= 4 is 75.8 Å². The molecule has 0 atom stereocenters. The Bertz CT molecular complexity index is 3120. The molecule has 0 saturated carbocycles. The van der Waals surface area contributed by atoms with Gasteiger partial charge >= 0.3 is 0 Å². The van der Waals surface area contributed by atoms with Crippen LogP contribution in [0, 0.1) is 0 Å². The number of furan rings is 1. The molecule has 0 aliphatic rings. The van der Waals surface area contributed by atoms with Crippen molar-refractivity contribution in [1.82, 2.24) is 0 Å². The highest BCUT2D eigenvalue weighted by Gasteiger charge is 2.19. The van der Waals surface area contributed by atoms with Gasteiger partial charge in [0.05, 0.1) is 0 Å². The van der Waals surface area contributed by atoms with E-state index in [2.05, 4.69) is 182 Å². The summed E-state index contributed by atoms with van der Waals surface area (Å²) in [7, 11) is 0. The molecule has 1 aromatic heterocycles. The summed E-state index contributed by atoms with van der Waals surface area (Å²) in [6.45, 7) is 0. The zero-order valence-electron chi connectivity index (χ0n) is 27.7. The third-order valence-corrected chi connectivity index (χ3v) is 10.8. The quantitative estimate of drug-likeness (QED) is 0.138. The van der Waals surface area contributed by atoms with Gasteiger partial charge in [0.2, 0.25) is 0 Å². The molecule has 0 saturated heterocycles. The molecule has 0 amide bonds. The van der Waals surface area contributed by atoms with Gasteiger partial charge in [-0.3, -0.25) is 0 Å². The van der Waals surface area contributed by atoms with Crippen LogP contribution in [0.3, 0.4) is 0 Å². The van der Waals surface area contributed by atoms with Crippen molar-refractivity contribution in [3.05, 3.63) is 182 Å². The van der Waals surface area contributed by atoms with Crippen LogP contribution in [0.2, 0.25) is 0 Å². The zero-order valence-corrected chi connectivity index (χ0v) is 27.7. The molecule has 1 nitrogen and oxygen atoms in total. The molecule has 10 aromatic carbocycles. The van der Waals surface area contributed by atoms with Crippen molar-refractivity contribution in [2.75, 3.05) is 0 Å². The number of fused-ring (bicyclic) bond motifs is 9. The van der Waals surface area contributed by atoms with E-state index in [-0.39, 0.29) is 0 Å². The van der Waals surface area contributed by atoms with Gasteiger partial charge in [-0.15, -0.1) is 0 Å². The van der Waals surface area contributed by atoms with E-state index in [9.17, 15) is 0 Å². The molecule has 11 aromatic rings. The summed E-state index contributed by atoms with van der Waals surface area (Å²) >= 11 is 0. The molecule has 0 radical (unpaired) electrons. The lowest BCUT2D eigenvalue weighted by Gasteiger charge is -2.19. The molecule has 0 spiro atoms. The molecule has 1 heterocycles. The van der Waals surface area contributed by atoms with Gasteiger partial charge in [0.15, 0.2) is 0 Å². The van der Waals surface area contributed by atoms with E-state index in [1.54, 1.807) is 0 Å². The molecule has 1 heteroatoms. The summed E-state index contributed by atoms with van der Waals surface area (Å²) < 4.78 is 6.41. The van der Waals surface area contributed by atoms with Gasteiger partial charge in [-0.05, 0) is 105 Å². The highest BCUT2D eigenvalue weighted by Crippen LogP contribution is 2.46. The van der Waals surface area contributed by atoms with Gasteiger partial charge in [0.25, 0.3) is 0 Å². The van der Waals surface area contributed by atoms with Crippen molar-refractivity contribution in [2.45, 2.75) is 0 Å². The maximum atomic E-state index is 6.41. The Morgan fingerprint density at radius 2 is 0.824 bits per heavy atom. The van der Waals surface area contributed by atoms with E-state index >= 15 is 0 Å². The second-order valence-corrected chi connectivity index (χ2v) is 13.6. The Morgan fingerprint density at radius 1 is 0.275 bits per heavy atom. The van der Waals surface area contributed by atoms with E-state index in [1.165, 1.54) is 87.2 Å². The lowest BCUT2D eigenvalue weighted by Crippen LogP contribution is -1.92. The first kappa shape index (κ1) is 28.2. The molecule has 0 aliphatic heterocycles. The van der Waals surface area contributed by atoms with Gasteiger partial charge in [0.1, 0.15) is 11.2 Å². The fraction of sp³-hybridized carbons (Fsp3) is 0. The number of benzene rings is 10. The average Bonchev–Trinajstić information content (AvgIpc) is 3.56. The van der Waals surface area contributed by atoms with Crippen LogP contribution in [0.25, 0.3) is 109 Å². The third kappa shape index (κ3) is 4.22. The SMILES string of the molecule is c1ccc2cc3c(cc2c1)oc1cccc(-c2ccc(-c4c5ccccc5c(-c5cccc6c5ccc5ccccc56)c5ccccc45)cc2)c13. The van der Waals surface area contributed by atoms with Crippen LogP contribution in [0.5, 0.6) is 0 Å². The largest absolute Gasteiger partial charge is 0.456 e. The van der Waals surface area contributed by atoms with Gasteiger partial charge in [-0.1, -0.05) is 164 Å². The Hall–Kier alpha value is -6.70. The van der Waals surface area contributed by atoms with E-state index in [0.29, 0.717) is 0 Å². The smallest absolute Gasteiger partial charge is 0.136 e. The van der Waals surface area contributed by atoms with Crippen LogP contribution in [-0.2, 0) is 0 Å². The minimum Gasteiger partial charge on any atom is -0.456 e. The standard InChI is InChI=1S/C50H30O/c1-2-13-35-30-47-45(29-34(35)12-1)50-37(19-10-22-46(50)51-47)32-23-25-33(26-24-32)48-41-15-5-7-17-43(41)49(44-18-8-6-16-42(44)48)40-21-9-20-38-36-14-4-3-11-31(36)27-28-39(38)40/h1-30H. The highest BCUT2D eigenvalue weighted by atomic mass is 16.3. The summed E-state index contributed by atoms with van der Waals surface area (Å²) in [5.74, 6) is 0. The summed E-state index contributed by atoms with van der Waals surface area (Å²) in [6.07, 6.45) is 0. The average molecular weight is 647 g/mol. The fourth-order valence-corrected chi connectivity index (χ4v) is 8.56. The van der Waals surface area contributed by atoms with Gasteiger partial charge < -0.3 is 4.42 Å². The lowest BCUT2D eigenvalue weighted by molar-refractivity contribution is 0.669. The minimum absolute atomic E-state index is 0.913. The van der Waals surface area contributed by atoms with Crippen molar-refractivity contribution in [3.8, 4) is 33.4 Å². The van der Waals surface area contributed by atoms with Crippen LogP contribution >= 0.6 is 0 Å². The summed E-state index contributed by atoms with van der Waals surface area (Å²) in [5, 5.41) is 14.9. The predicted octanol–water partition coefficient (Wildman–Crippen LogP) is 14.4. The maximum Gasteiger partial charge on any atom is 0.136 e. The van der Waals surface area contributed by atoms with E-state index in [0.717, 1.165) is 21.9 Å². The molecule has 0 bridgehead atoms. The van der Waals surface area contributed by atoms with Crippen LogP contribution in [0.15, 0.2) is 186 Å². The van der Waals surface area contributed by atoms with Crippen LogP contribution in [0.1, 0.15) is 0 Å². The topological polar surface area (TPSA) is 13.1 Å². The fourth-order valence-electron chi connectivity index (χ4n) is 8.56. The second kappa shape index (κ2) is 10.9. The van der Waals surface area contributed by atoms with Gasteiger partial charge in [-0.25, -0.2) is 0 Å². The molecule has 0 aliphatic carbocycles. The molecule has 0 N–H and O–H groups in total. The van der Waals surface area contributed by atoms with Gasteiger partial charge in [0, 0.05) is 10.8 Å². The molecule has 0 unspecified atom stereocenters. The van der Waals surface area contributed by atoms with Crippen molar-refractivity contribution in [3.63, 3.8) is 0 Å². The van der Waals surface area contributed by atoms with E-state index in [1.807, 2.05) is 0 Å². The van der Waals surface area contributed by atoms with Crippen LogP contribution in [0.4, 0.5) is 0 Å². The molecular weight excluding hydrogens is 617 g/mol. The van der Waals surface area contributed by atoms with Crippen molar-refractivity contribution < 1.29 is 4.42 Å². The molecule has 51 heavy (non-hydrogen) atoms. The third-order valence-electron chi connectivity index (χ3n) is 10.8. The summed E-state index contributed by atoms with van der Waals surface area (Å²) in [5.41, 5.74) is 9.21. The molecular formula is C50H30O. The molecule has 0 fully saturated rings. The van der Waals surface area contributed by atoms with Crippen molar-refractivity contribution in [2.24, 2.45) is 0 Å².